The van der Waals surface area contributed by atoms with Crippen LogP contribution in [0, 0.1) is 5.92 Å². The second-order valence-electron chi connectivity index (χ2n) is 5.56. The third-order valence-corrected chi connectivity index (χ3v) is 2.67. The number of hydrogen-bond donors (Lipinski definition) is 2. The molecule has 1 unspecified atom stereocenters. The average Bonchev–Trinajstić information content (AvgIpc) is 2.34. The summed E-state index contributed by atoms with van der Waals surface area (Å²) in [7, 11) is 0. The van der Waals surface area contributed by atoms with E-state index in [9.17, 15) is 9.59 Å². The molecule has 2 atom stereocenters. The summed E-state index contributed by atoms with van der Waals surface area (Å²) in [4.78, 5) is 23.0. The van der Waals surface area contributed by atoms with Gasteiger partial charge in [-0.2, -0.15) is 0 Å². The maximum Gasteiger partial charge on any atom is 0.323 e. The van der Waals surface area contributed by atoms with E-state index in [4.69, 9.17) is 15.2 Å². The Kier molecular flexibility index (Phi) is 9.16. The Morgan fingerprint density at radius 1 is 1.15 bits per heavy atom. The van der Waals surface area contributed by atoms with Crippen molar-refractivity contribution >= 4 is 11.9 Å². The van der Waals surface area contributed by atoms with Crippen LogP contribution in [0.3, 0.4) is 0 Å². The number of ether oxygens (including phenoxy) is 2. The van der Waals surface area contributed by atoms with Gasteiger partial charge < -0.3 is 20.5 Å². The lowest BCUT2D eigenvalue weighted by Gasteiger charge is -2.18. The summed E-state index contributed by atoms with van der Waals surface area (Å²) in [5.41, 5.74) is 5.67. The Balaban J connectivity index is 3.84. The summed E-state index contributed by atoms with van der Waals surface area (Å²) in [5.74, 6) is -0.765. The van der Waals surface area contributed by atoms with Crippen LogP contribution in [-0.4, -0.2) is 43.3 Å². The van der Waals surface area contributed by atoms with Crippen LogP contribution in [-0.2, 0) is 19.1 Å². The summed E-state index contributed by atoms with van der Waals surface area (Å²) < 4.78 is 10.1. The van der Waals surface area contributed by atoms with Crippen molar-refractivity contribution in [3.05, 3.63) is 0 Å². The van der Waals surface area contributed by atoms with Gasteiger partial charge in [0.05, 0.1) is 6.42 Å². The maximum atomic E-state index is 11.6. The van der Waals surface area contributed by atoms with E-state index in [0.29, 0.717) is 19.0 Å². The van der Waals surface area contributed by atoms with Gasteiger partial charge in [-0.3, -0.25) is 9.59 Å². The van der Waals surface area contributed by atoms with Crippen molar-refractivity contribution < 1.29 is 19.1 Å². The Hall–Kier alpha value is -1.14. The minimum absolute atomic E-state index is 0.0133. The molecule has 0 saturated carbocycles. The van der Waals surface area contributed by atoms with Gasteiger partial charge in [-0.05, 0) is 12.8 Å². The molecule has 20 heavy (non-hydrogen) atoms. The van der Waals surface area contributed by atoms with Crippen molar-refractivity contribution in [1.29, 1.82) is 0 Å². The predicted molar refractivity (Wildman–Crippen MR) is 77.1 cm³/mol. The summed E-state index contributed by atoms with van der Waals surface area (Å²) in [6.07, 6.45) is -0.195. The van der Waals surface area contributed by atoms with E-state index in [2.05, 4.69) is 5.32 Å². The van der Waals surface area contributed by atoms with Crippen LogP contribution < -0.4 is 11.1 Å². The van der Waals surface area contributed by atoms with E-state index in [1.807, 2.05) is 27.7 Å². The maximum absolute atomic E-state index is 11.6. The molecular formula is C14H28N2O4. The average molecular weight is 288 g/mol. The number of carbonyl (C=O) groups excluding carboxylic acids is 2. The second-order valence-corrected chi connectivity index (χ2v) is 5.56. The van der Waals surface area contributed by atoms with Crippen molar-refractivity contribution in [2.24, 2.45) is 11.7 Å². The molecule has 0 spiro atoms. The molecule has 0 amide bonds. The zero-order chi connectivity index (χ0) is 15.7. The van der Waals surface area contributed by atoms with Crippen molar-refractivity contribution in [3.8, 4) is 0 Å². The molecule has 0 aromatic heterocycles. The van der Waals surface area contributed by atoms with Gasteiger partial charge in [0.2, 0.25) is 0 Å². The van der Waals surface area contributed by atoms with Gasteiger partial charge in [0.25, 0.3) is 0 Å². The van der Waals surface area contributed by atoms with Gasteiger partial charge in [-0.1, -0.05) is 27.7 Å². The van der Waals surface area contributed by atoms with Crippen LogP contribution in [0.1, 0.15) is 41.0 Å². The number of hydrogen-bond acceptors (Lipinski definition) is 6. The van der Waals surface area contributed by atoms with E-state index in [1.54, 1.807) is 6.92 Å². The van der Waals surface area contributed by atoms with Crippen LogP contribution in [0.5, 0.6) is 0 Å². The third-order valence-electron chi connectivity index (χ3n) is 2.67. The zero-order valence-electron chi connectivity index (χ0n) is 13.1. The predicted octanol–water partition coefficient (Wildman–Crippen LogP) is 0.833. The molecule has 0 heterocycles. The molecule has 0 aliphatic rings. The van der Waals surface area contributed by atoms with Crippen molar-refractivity contribution in [2.45, 2.75) is 59.2 Å². The lowest BCUT2D eigenvalue weighted by Crippen LogP contribution is -2.39. The standard InChI is InChI=1S/C14H28N2O4/c1-9(2)13(15)14(18)20-11(5)8-19-12(17)6-7-16-10(3)4/h9-11,13,16H,6-8,15H2,1-5H3/t11?,13-/m1/s1. The van der Waals surface area contributed by atoms with E-state index < -0.39 is 18.1 Å². The first-order valence-electron chi connectivity index (χ1n) is 7.09. The molecule has 0 aromatic rings. The van der Waals surface area contributed by atoms with Crippen LogP contribution in [0.25, 0.3) is 0 Å². The fourth-order valence-corrected chi connectivity index (χ4v) is 1.33. The quantitative estimate of drug-likeness (QED) is 0.611. The normalized spacial score (nSPS) is 14.2. The first-order valence-corrected chi connectivity index (χ1v) is 7.09. The fraction of sp³-hybridized carbons (Fsp3) is 0.857. The molecule has 3 N–H and O–H groups in total. The molecule has 0 rings (SSSR count). The van der Waals surface area contributed by atoms with E-state index in [0.717, 1.165) is 0 Å². The Labute approximate surface area is 121 Å². The molecule has 6 heteroatoms. The number of rotatable bonds is 9. The topological polar surface area (TPSA) is 90.6 Å². The van der Waals surface area contributed by atoms with Crippen molar-refractivity contribution in [1.82, 2.24) is 5.32 Å². The molecule has 0 radical (unpaired) electrons. The SMILES string of the molecule is CC(C)NCCC(=O)OCC(C)OC(=O)[C@H](N)C(C)C. The highest BCUT2D eigenvalue weighted by Gasteiger charge is 2.21. The van der Waals surface area contributed by atoms with Gasteiger partial charge in [0.1, 0.15) is 18.8 Å². The molecule has 6 nitrogen and oxygen atoms in total. The van der Waals surface area contributed by atoms with Crippen LogP contribution in [0.4, 0.5) is 0 Å². The van der Waals surface area contributed by atoms with Gasteiger partial charge in [0, 0.05) is 12.6 Å². The highest BCUT2D eigenvalue weighted by molar-refractivity contribution is 5.76. The Morgan fingerprint density at radius 3 is 2.25 bits per heavy atom. The minimum atomic E-state index is -0.650. The second kappa shape index (κ2) is 9.72. The van der Waals surface area contributed by atoms with Gasteiger partial charge in [0.15, 0.2) is 0 Å². The minimum Gasteiger partial charge on any atom is -0.462 e. The van der Waals surface area contributed by atoms with Crippen LogP contribution >= 0.6 is 0 Å². The molecular weight excluding hydrogens is 260 g/mol. The summed E-state index contributed by atoms with van der Waals surface area (Å²) in [5, 5.41) is 3.12. The van der Waals surface area contributed by atoms with E-state index in [-0.39, 0.29) is 18.5 Å². The summed E-state index contributed by atoms with van der Waals surface area (Å²) in [6, 6.07) is -0.316. The first kappa shape index (κ1) is 18.9. The van der Waals surface area contributed by atoms with Crippen molar-refractivity contribution in [3.63, 3.8) is 0 Å². The highest BCUT2D eigenvalue weighted by atomic mass is 16.6. The fourth-order valence-electron chi connectivity index (χ4n) is 1.33. The molecule has 0 bridgehead atoms. The number of nitrogens with two attached hydrogens (primary N) is 1. The molecule has 0 aromatic carbocycles. The van der Waals surface area contributed by atoms with E-state index in [1.165, 1.54) is 0 Å². The molecule has 118 valence electrons. The Bertz CT molecular complexity index is 306. The Morgan fingerprint density at radius 2 is 1.75 bits per heavy atom. The third kappa shape index (κ3) is 8.87. The number of carbonyl (C=O) groups is 2. The zero-order valence-corrected chi connectivity index (χ0v) is 13.1. The number of esters is 2. The summed E-state index contributed by atoms with van der Waals surface area (Å²) >= 11 is 0. The monoisotopic (exact) mass is 288 g/mol. The summed E-state index contributed by atoms with van der Waals surface area (Å²) in [6.45, 7) is 10.00. The lowest BCUT2D eigenvalue weighted by atomic mass is 10.1. The molecule has 0 saturated heterocycles. The van der Waals surface area contributed by atoms with Gasteiger partial charge >= 0.3 is 11.9 Å². The smallest absolute Gasteiger partial charge is 0.323 e. The van der Waals surface area contributed by atoms with Crippen LogP contribution in [0.15, 0.2) is 0 Å². The largest absolute Gasteiger partial charge is 0.462 e. The van der Waals surface area contributed by atoms with Crippen molar-refractivity contribution in [2.75, 3.05) is 13.2 Å². The number of nitrogens with one attached hydrogen (secondary N) is 1. The highest BCUT2D eigenvalue weighted by Crippen LogP contribution is 2.03. The molecule has 0 aliphatic carbocycles. The molecule has 0 fully saturated rings. The van der Waals surface area contributed by atoms with E-state index >= 15 is 0 Å². The van der Waals surface area contributed by atoms with Gasteiger partial charge in [-0.25, -0.2) is 0 Å². The van der Waals surface area contributed by atoms with Crippen LogP contribution in [0.2, 0.25) is 0 Å². The lowest BCUT2D eigenvalue weighted by molar-refractivity contribution is -0.159. The van der Waals surface area contributed by atoms with Gasteiger partial charge in [-0.15, -0.1) is 0 Å². The first-order chi connectivity index (χ1) is 9.23. The molecule has 0 aliphatic heterocycles.